The number of piperazine rings is 1. The fourth-order valence-corrected chi connectivity index (χ4v) is 4.99. The lowest BCUT2D eigenvalue weighted by molar-refractivity contribution is -0.129. The van der Waals surface area contributed by atoms with E-state index in [1.165, 1.54) is 12.8 Å². The molecule has 1 spiro atoms. The van der Waals surface area contributed by atoms with Crippen LogP contribution in [0.3, 0.4) is 0 Å². The summed E-state index contributed by atoms with van der Waals surface area (Å²) in [6, 6.07) is 8.07. The van der Waals surface area contributed by atoms with E-state index in [4.69, 9.17) is 0 Å². The Kier molecular flexibility index (Phi) is 5.32. The van der Waals surface area contributed by atoms with E-state index in [9.17, 15) is 9.59 Å². The molecule has 2 amide bonds. The van der Waals surface area contributed by atoms with Crippen LogP contribution in [0.5, 0.6) is 0 Å². The van der Waals surface area contributed by atoms with Crippen molar-refractivity contribution < 1.29 is 9.59 Å². The molecule has 0 aliphatic carbocycles. The third-order valence-corrected chi connectivity index (χ3v) is 7.01. The quantitative estimate of drug-likeness (QED) is 0.783. The second-order valence-corrected chi connectivity index (χ2v) is 8.65. The lowest BCUT2D eigenvalue weighted by Crippen LogP contribution is -2.62. The maximum atomic E-state index is 13.5. The molecule has 0 saturated carbocycles. The van der Waals surface area contributed by atoms with Crippen LogP contribution in [-0.4, -0.2) is 85.4 Å². The van der Waals surface area contributed by atoms with Gasteiger partial charge in [-0.3, -0.25) is 14.5 Å². The summed E-state index contributed by atoms with van der Waals surface area (Å²) in [4.78, 5) is 34.3. The Labute approximate surface area is 168 Å². The van der Waals surface area contributed by atoms with Crippen LogP contribution in [0.15, 0.2) is 24.3 Å². The summed E-state index contributed by atoms with van der Waals surface area (Å²) in [6.45, 7) is 5.13. The van der Waals surface area contributed by atoms with Gasteiger partial charge in [-0.15, -0.1) is 0 Å². The molecule has 3 aliphatic rings. The predicted octanol–water partition coefficient (Wildman–Crippen LogP) is 2.06. The molecule has 1 aromatic rings. The number of para-hydroxylation sites is 1. The Morgan fingerprint density at radius 3 is 2.50 bits per heavy atom. The lowest BCUT2D eigenvalue weighted by atomic mass is 9.86. The van der Waals surface area contributed by atoms with E-state index in [1.54, 1.807) is 0 Å². The van der Waals surface area contributed by atoms with Gasteiger partial charge in [-0.2, -0.15) is 0 Å². The average Bonchev–Trinajstić information content (AvgIpc) is 3.21. The van der Waals surface area contributed by atoms with Gasteiger partial charge < -0.3 is 14.7 Å². The smallest absolute Gasteiger partial charge is 0.256 e. The van der Waals surface area contributed by atoms with Crippen LogP contribution in [0, 0.1) is 0 Å². The van der Waals surface area contributed by atoms with E-state index in [2.05, 4.69) is 22.9 Å². The molecular weight excluding hydrogens is 352 g/mol. The molecule has 1 atom stereocenters. The van der Waals surface area contributed by atoms with E-state index in [0.29, 0.717) is 13.0 Å². The highest BCUT2D eigenvalue weighted by Crippen LogP contribution is 2.33. The van der Waals surface area contributed by atoms with Crippen molar-refractivity contribution in [2.24, 2.45) is 0 Å². The van der Waals surface area contributed by atoms with Gasteiger partial charge >= 0.3 is 0 Å². The fraction of sp³-hybridized carbons (Fsp3) is 0.636. The Morgan fingerprint density at radius 2 is 1.71 bits per heavy atom. The first-order valence-electron chi connectivity index (χ1n) is 10.6. The second kappa shape index (κ2) is 7.74. The van der Waals surface area contributed by atoms with Gasteiger partial charge in [0.2, 0.25) is 5.91 Å². The number of anilines is 1. The number of likely N-dealkylation sites (tertiary alicyclic amines) is 1. The van der Waals surface area contributed by atoms with Gasteiger partial charge in [0.1, 0.15) is 0 Å². The van der Waals surface area contributed by atoms with Crippen molar-refractivity contribution in [1.82, 2.24) is 14.7 Å². The van der Waals surface area contributed by atoms with Crippen molar-refractivity contribution in [2.45, 2.75) is 37.6 Å². The standard InChI is InChI=1S/C22H32N4O2/c1-23-14-11-22(10-9-20(23)27)17-26(16-15-24(22)2)21(28)18-7-3-4-8-19(18)25-12-5-6-13-25/h3-4,7-8H,5-6,9-17H2,1-2H3/t22-/m0/s1. The van der Waals surface area contributed by atoms with Crippen molar-refractivity contribution >= 4 is 17.5 Å². The molecule has 0 N–H and O–H groups in total. The van der Waals surface area contributed by atoms with Crippen LogP contribution >= 0.6 is 0 Å². The molecule has 0 radical (unpaired) electrons. The largest absolute Gasteiger partial charge is 0.371 e. The number of nitrogens with zero attached hydrogens (tertiary/aromatic N) is 4. The highest BCUT2D eigenvalue weighted by molar-refractivity contribution is 6.00. The summed E-state index contributed by atoms with van der Waals surface area (Å²) in [5, 5.41) is 0. The molecule has 0 aromatic heterocycles. The second-order valence-electron chi connectivity index (χ2n) is 8.65. The molecule has 3 fully saturated rings. The number of rotatable bonds is 2. The first kappa shape index (κ1) is 19.2. The summed E-state index contributed by atoms with van der Waals surface area (Å²) >= 11 is 0. The molecule has 152 valence electrons. The third-order valence-electron chi connectivity index (χ3n) is 7.01. The topological polar surface area (TPSA) is 47.1 Å². The molecule has 1 aromatic carbocycles. The van der Waals surface area contributed by atoms with E-state index in [1.807, 2.05) is 35.0 Å². The fourth-order valence-electron chi connectivity index (χ4n) is 4.99. The number of amides is 2. The van der Waals surface area contributed by atoms with E-state index >= 15 is 0 Å². The Morgan fingerprint density at radius 1 is 0.964 bits per heavy atom. The number of carbonyl (C=O) groups is 2. The number of hydrogen-bond donors (Lipinski definition) is 0. The van der Waals surface area contributed by atoms with Crippen molar-refractivity contribution in [1.29, 1.82) is 0 Å². The molecular formula is C22H32N4O2. The van der Waals surface area contributed by atoms with Gasteiger partial charge in [0.05, 0.1) is 5.56 Å². The zero-order valence-corrected chi connectivity index (χ0v) is 17.2. The minimum atomic E-state index is -0.100. The van der Waals surface area contributed by atoms with Crippen LogP contribution < -0.4 is 4.90 Å². The van der Waals surface area contributed by atoms with Gasteiger partial charge in [-0.25, -0.2) is 0 Å². The van der Waals surface area contributed by atoms with E-state index in [-0.39, 0.29) is 17.4 Å². The number of benzene rings is 1. The predicted molar refractivity (Wildman–Crippen MR) is 111 cm³/mol. The summed E-state index contributed by atoms with van der Waals surface area (Å²) in [6.07, 6.45) is 4.70. The number of hydrogen-bond acceptors (Lipinski definition) is 4. The Bertz CT molecular complexity index is 746. The van der Waals surface area contributed by atoms with Gasteiger partial charge in [0, 0.05) is 64.0 Å². The first-order chi connectivity index (χ1) is 13.5. The van der Waals surface area contributed by atoms with E-state index in [0.717, 1.165) is 56.8 Å². The van der Waals surface area contributed by atoms with Crippen molar-refractivity contribution in [3.05, 3.63) is 29.8 Å². The first-order valence-corrected chi connectivity index (χ1v) is 10.6. The third kappa shape index (κ3) is 3.50. The zero-order valence-electron chi connectivity index (χ0n) is 17.2. The molecule has 3 saturated heterocycles. The van der Waals surface area contributed by atoms with Crippen LogP contribution in [0.4, 0.5) is 5.69 Å². The molecule has 28 heavy (non-hydrogen) atoms. The Balaban J connectivity index is 1.57. The molecule has 6 heteroatoms. The molecule has 3 aliphatic heterocycles. The Hall–Kier alpha value is -2.08. The maximum Gasteiger partial charge on any atom is 0.256 e. The van der Waals surface area contributed by atoms with Crippen LogP contribution in [0.2, 0.25) is 0 Å². The normalized spacial score (nSPS) is 26.8. The molecule has 0 bridgehead atoms. The van der Waals surface area contributed by atoms with Gasteiger partial charge in [-0.1, -0.05) is 12.1 Å². The highest BCUT2D eigenvalue weighted by atomic mass is 16.2. The summed E-state index contributed by atoms with van der Waals surface area (Å²) < 4.78 is 0. The van der Waals surface area contributed by atoms with Gasteiger partial charge in [0.25, 0.3) is 5.91 Å². The average molecular weight is 385 g/mol. The minimum Gasteiger partial charge on any atom is -0.371 e. The lowest BCUT2D eigenvalue weighted by Gasteiger charge is -2.49. The monoisotopic (exact) mass is 384 g/mol. The van der Waals surface area contributed by atoms with Crippen molar-refractivity contribution in [2.75, 3.05) is 58.3 Å². The SMILES string of the molecule is CN1CC[C@@]2(CCC1=O)CN(C(=O)c1ccccc1N1CCCC1)CCN2C. The number of likely N-dealkylation sites (N-methyl/N-ethyl adjacent to an activating group) is 1. The van der Waals surface area contributed by atoms with Crippen LogP contribution in [-0.2, 0) is 4.79 Å². The number of carbonyl (C=O) groups excluding carboxylic acids is 2. The maximum absolute atomic E-state index is 13.5. The van der Waals surface area contributed by atoms with Crippen LogP contribution in [0.1, 0.15) is 42.5 Å². The zero-order chi connectivity index (χ0) is 19.7. The van der Waals surface area contributed by atoms with Crippen LogP contribution in [0.25, 0.3) is 0 Å². The molecule has 4 rings (SSSR count). The summed E-state index contributed by atoms with van der Waals surface area (Å²) in [7, 11) is 4.04. The summed E-state index contributed by atoms with van der Waals surface area (Å²) in [5.41, 5.74) is 1.80. The van der Waals surface area contributed by atoms with Gasteiger partial charge in [-0.05, 0) is 44.9 Å². The van der Waals surface area contributed by atoms with Gasteiger partial charge in [0.15, 0.2) is 0 Å². The van der Waals surface area contributed by atoms with Crippen molar-refractivity contribution in [3.63, 3.8) is 0 Å². The molecule has 6 nitrogen and oxygen atoms in total. The van der Waals surface area contributed by atoms with Crippen molar-refractivity contribution in [3.8, 4) is 0 Å². The molecule has 3 heterocycles. The molecule has 0 unspecified atom stereocenters. The highest BCUT2D eigenvalue weighted by Gasteiger charge is 2.43. The van der Waals surface area contributed by atoms with E-state index < -0.39 is 0 Å². The minimum absolute atomic E-state index is 0.100. The summed E-state index contributed by atoms with van der Waals surface area (Å²) in [5.74, 6) is 0.354.